The molecule has 0 unspecified atom stereocenters. The molecule has 0 aromatic heterocycles. The summed E-state index contributed by atoms with van der Waals surface area (Å²) in [4.78, 5) is 23.1. The Morgan fingerprint density at radius 3 is 2.69 bits per heavy atom. The first kappa shape index (κ1) is 19.0. The first-order chi connectivity index (χ1) is 12.5. The number of benzene rings is 1. The fourth-order valence-electron chi connectivity index (χ4n) is 3.16. The molecule has 1 aromatic carbocycles. The van der Waals surface area contributed by atoms with Gasteiger partial charge in [-0.1, -0.05) is 30.3 Å². The molecule has 0 spiro atoms. The van der Waals surface area contributed by atoms with E-state index in [2.05, 4.69) is 0 Å². The van der Waals surface area contributed by atoms with E-state index in [1.807, 2.05) is 30.3 Å². The molecule has 0 amide bonds. The number of hydrogen-bond acceptors (Lipinski definition) is 7. The van der Waals surface area contributed by atoms with Gasteiger partial charge in [-0.3, -0.25) is 4.79 Å². The number of Topliss-reactive ketones (excluding diaryl/α,β-unsaturated/α-hetero) is 1. The lowest BCUT2D eigenvalue weighted by atomic mass is 10.1. The largest absolute Gasteiger partial charge is 0.454 e. The number of ketones is 1. The lowest BCUT2D eigenvalue weighted by Gasteiger charge is -2.22. The molecule has 7 nitrogen and oxygen atoms in total. The second kappa shape index (κ2) is 8.73. The lowest BCUT2D eigenvalue weighted by molar-refractivity contribution is -0.202. The highest BCUT2D eigenvalue weighted by Crippen LogP contribution is 2.34. The van der Waals surface area contributed by atoms with Crippen molar-refractivity contribution in [3.05, 3.63) is 35.9 Å². The minimum Gasteiger partial charge on any atom is -0.454 e. The molecule has 1 N–H and O–H groups in total. The van der Waals surface area contributed by atoms with E-state index >= 15 is 0 Å². The summed E-state index contributed by atoms with van der Waals surface area (Å²) in [5, 5.41) is 9.97. The number of ether oxygens (including phenoxy) is 4. The molecule has 0 bridgehead atoms. The Balaban J connectivity index is 1.59. The van der Waals surface area contributed by atoms with Gasteiger partial charge in [0, 0.05) is 12.8 Å². The monoisotopic (exact) mass is 364 g/mol. The summed E-state index contributed by atoms with van der Waals surface area (Å²) < 4.78 is 22.6. The van der Waals surface area contributed by atoms with Crippen LogP contribution in [-0.2, 0) is 35.1 Å². The van der Waals surface area contributed by atoms with Crippen molar-refractivity contribution in [3.8, 4) is 0 Å². The number of hydrogen-bond donors (Lipinski definition) is 1. The second-order valence-electron chi connectivity index (χ2n) is 6.64. The van der Waals surface area contributed by atoms with Crippen molar-refractivity contribution < 1.29 is 33.6 Å². The third kappa shape index (κ3) is 4.67. The molecule has 0 aliphatic carbocycles. The predicted octanol–water partition coefficient (Wildman–Crippen LogP) is 1.36. The molecule has 2 heterocycles. The van der Waals surface area contributed by atoms with Crippen LogP contribution in [0.1, 0.15) is 31.7 Å². The number of aliphatic hydroxyl groups excluding tert-OH is 1. The number of rotatable bonds is 8. The van der Waals surface area contributed by atoms with Crippen molar-refractivity contribution in [2.24, 2.45) is 0 Å². The lowest BCUT2D eigenvalue weighted by Crippen LogP contribution is -2.38. The van der Waals surface area contributed by atoms with Crippen molar-refractivity contribution in [2.45, 2.75) is 63.5 Å². The number of aliphatic hydroxyl groups is 1. The Morgan fingerprint density at radius 1 is 1.19 bits per heavy atom. The summed E-state index contributed by atoms with van der Waals surface area (Å²) in [6, 6.07) is 9.56. The SMILES string of the molecule is CC(=O)CCCC(=O)O[C@H]1[C@@H](OCc2ccccc2)O[C@H]2[C@@H]1OC[C@H]2O. The van der Waals surface area contributed by atoms with Gasteiger partial charge in [-0.15, -0.1) is 0 Å². The third-order valence-corrected chi connectivity index (χ3v) is 4.48. The minimum absolute atomic E-state index is 0.0355. The van der Waals surface area contributed by atoms with E-state index in [-0.39, 0.29) is 18.8 Å². The van der Waals surface area contributed by atoms with Crippen LogP contribution in [-0.4, -0.2) is 54.2 Å². The van der Waals surface area contributed by atoms with Crippen LogP contribution in [0.5, 0.6) is 0 Å². The zero-order valence-corrected chi connectivity index (χ0v) is 14.7. The van der Waals surface area contributed by atoms with Gasteiger partial charge in [0.05, 0.1) is 13.2 Å². The molecular weight excluding hydrogens is 340 g/mol. The molecule has 2 saturated heterocycles. The van der Waals surface area contributed by atoms with Crippen LogP contribution in [0.25, 0.3) is 0 Å². The van der Waals surface area contributed by atoms with Crippen molar-refractivity contribution >= 4 is 11.8 Å². The number of esters is 1. The van der Waals surface area contributed by atoms with Crippen LogP contribution in [0.4, 0.5) is 0 Å². The average molecular weight is 364 g/mol. The summed E-state index contributed by atoms with van der Waals surface area (Å²) in [6.45, 7) is 1.92. The number of fused-ring (bicyclic) bond motifs is 1. The standard InChI is InChI=1S/C19H24O7/c1-12(20)6-5-9-15(22)25-18-17-16(14(21)11-23-17)26-19(18)24-10-13-7-3-2-4-8-13/h2-4,7-8,14,16-19,21H,5-6,9-11H2,1H3/t14-,16-,17+,18-,19+/m1/s1. The van der Waals surface area contributed by atoms with Gasteiger partial charge in [0.1, 0.15) is 24.1 Å². The van der Waals surface area contributed by atoms with Crippen LogP contribution in [0.2, 0.25) is 0 Å². The molecule has 7 heteroatoms. The molecule has 0 saturated carbocycles. The van der Waals surface area contributed by atoms with Gasteiger partial charge in [0.25, 0.3) is 0 Å². The van der Waals surface area contributed by atoms with E-state index in [4.69, 9.17) is 18.9 Å². The highest BCUT2D eigenvalue weighted by atomic mass is 16.7. The van der Waals surface area contributed by atoms with Gasteiger partial charge in [-0.05, 0) is 18.9 Å². The van der Waals surface area contributed by atoms with Gasteiger partial charge >= 0.3 is 5.97 Å². The summed E-state index contributed by atoms with van der Waals surface area (Å²) in [7, 11) is 0. The summed E-state index contributed by atoms with van der Waals surface area (Å²) in [6.07, 6.45) is -2.54. The van der Waals surface area contributed by atoms with Gasteiger partial charge in [-0.25, -0.2) is 0 Å². The van der Waals surface area contributed by atoms with E-state index in [0.717, 1.165) is 5.56 Å². The average Bonchev–Trinajstić information content (AvgIpc) is 3.14. The Hall–Kier alpha value is -1.80. The smallest absolute Gasteiger partial charge is 0.306 e. The Morgan fingerprint density at radius 2 is 1.96 bits per heavy atom. The third-order valence-electron chi connectivity index (χ3n) is 4.48. The number of carbonyl (C=O) groups is 2. The van der Waals surface area contributed by atoms with E-state index < -0.39 is 36.7 Å². The molecule has 1 aromatic rings. The minimum atomic E-state index is -0.808. The molecule has 26 heavy (non-hydrogen) atoms. The maximum atomic E-state index is 12.1. The summed E-state index contributed by atoms with van der Waals surface area (Å²) >= 11 is 0. The molecule has 5 atom stereocenters. The molecule has 2 aliphatic rings. The Bertz CT molecular complexity index is 618. The van der Waals surface area contributed by atoms with Crippen molar-refractivity contribution in [2.75, 3.05) is 6.61 Å². The maximum absolute atomic E-state index is 12.1. The molecule has 3 rings (SSSR count). The van der Waals surface area contributed by atoms with Gasteiger partial charge in [0.2, 0.25) is 0 Å². The predicted molar refractivity (Wildman–Crippen MR) is 90.1 cm³/mol. The molecular formula is C19H24O7. The second-order valence-corrected chi connectivity index (χ2v) is 6.64. The normalized spacial score (nSPS) is 30.2. The van der Waals surface area contributed by atoms with Crippen molar-refractivity contribution in [3.63, 3.8) is 0 Å². The summed E-state index contributed by atoms with van der Waals surface area (Å²) in [5.74, 6) is -0.396. The van der Waals surface area contributed by atoms with Gasteiger partial charge in [0.15, 0.2) is 12.4 Å². The van der Waals surface area contributed by atoms with Crippen LogP contribution in [0, 0.1) is 0 Å². The highest BCUT2D eigenvalue weighted by molar-refractivity contribution is 5.76. The fourth-order valence-corrected chi connectivity index (χ4v) is 3.16. The van der Waals surface area contributed by atoms with Crippen LogP contribution < -0.4 is 0 Å². The van der Waals surface area contributed by atoms with E-state index in [1.165, 1.54) is 6.92 Å². The Kier molecular flexibility index (Phi) is 6.37. The molecule has 2 aliphatic heterocycles. The zero-order valence-electron chi connectivity index (χ0n) is 14.7. The van der Waals surface area contributed by atoms with E-state index in [9.17, 15) is 14.7 Å². The molecule has 2 fully saturated rings. The van der Waals surface area contributed by atoms with E-state index in [1.54, 1.807) is 0 Å². The van der Waals surface area contributed by atoms with Gasteiger partial charge in [-0.2, -0.15) is 0 Å². The highest BCUT2D eigenvalue weighted by Gasteiger charge is 2.54. The van der Waals surface area contributed by atoms with Gasteiger partial charge < -0.3 is 28.8 Å². The quantitative estimate of drug-likeness (QED) is 0.697. The zero-order chi connectivity index (χ0) is 18.5. The Labute approximate surface area is 152 Å². The maximum Gasteiger partial charge on any atom is 0.306 e. The number of carbonyl (C=O) groups excluding carboxylic acids is 2. The first-order valence-corrected chi connectivity index (χ1v) is 8.84. The van der Waals surface area contributed by atoms with Crippen molar-refractivity contribution in [1.29, 1.82) is 0 Å². The fraction of sp³-hybridized carbons (Fsp3) is 0.579. The van der Waals surface area contributed by atoms with Crippen LogP contribution in [0.15, 0.2) is 30.3 Å². The summed E-state index contributed by atoms with van der Waals surface area (Å²) in [5.41, 5.74) is 0.959. The topological polar surface area (TPSA) is 91.3 Å². The first-order valence-electron chi connectivity index (χ1n) is 8.84. The van der Waals surface area contributed by atoms with Crippen LogP contribution >= 0.6 is 0 Å². The molecule has 142 valence electrons. The van der Waals surface area contributed by atoms with Crippen LogP contribution in [0.3, 0.4) is 0 Å². The van der Waals surface area contributed by atoms with Crippen molar-refractivity contribution in [1.82, 2.24) is 0 Å². The molecule has 0 radical (unpaired) electrons. The van der Waals surface area contributed by atoms with E-state index in [0.29, 0.717) is 19.4 Å².